The Morgan fingerprint density at radius 1 is 1.44 bits per heavy atom. The average Bonchev–Trinajstić information content (AvgIpc) is 2.59. The maximum absolute atomic E-state index is 11.3. The molecule has 3 heteroatoms. The Labute approximate surface area is 97.9 Å². The van der Waals surface area contributed by atoms with E-state index in [-0.39, 0.29) is 6.04 Å². The van der Waals surface area contributed by atoms with Crippen molar-refractivity contribution in [3.05, 3.63) is 0 Å². The first-order valence-electron chi connectivity index (χ1n) is 5.91. The van der Waals surface area contributed by atoms with Crippen molar-refractivity contribution in [2.24, 2.45) is 0 Å². The molecule has 1 saturated heterocycles. The van der Waals surface area contributed by atoms with Gasteiger partial charge in [-0.1, -0.05) is 12.8 Å². The maximum Gasteiger partial charge on any atom is 0.384 e. The second kappa shape index (κ2) is 5.36. The van der Waals surface area contributed by atoms with Crippen LogP contribution in [-0.4, -0.2) is 23.7 Å². The fourth-order valence-electron chi connectivity index (χ4n) is 1.70. The largest absolute Gasteiger partial charge is 0.450 e. The van der Waals surface area contributed by atoms with Crippen LogP contribution in [0.2, 0.25) is 0 Å². The van der Waals surface area contributed by atoms with Gasteiger partial charge in [-0.25, -0.2) is 4.79 Å². The topological polar surface area (TPSA) is 38.3 Å². The Morgan fingerprint density at radius 3 is 2.62 bits per heavy atom. The standard InChI is InChI=1S/C13H21NO2/c1-5-10-6-7-11(14-10)8-9-12(15)16-13(2,3)4/h10-11,14H,5-7H2,1-4H3. The van der Waals surface area contributed by atoms with Crippen molar-refractivity contribution in [3.63, 3.8) is 0 Å². The van der Waals surface area contributed by atoms with E-state index < -0.39 is 11.6 Å². The molecule has 0 amide bonds. The van der Waals surface area contributed by atoms with Gasteiger partial charge < -0.3 is 10.1 Å². The molecule has 0 radical (unpaired) electrons. The quantitative estimate of drug-likeness (QED) is 0.419. The summed E-state index contributed by atoms with van der Waals surface area (Å²) in [4.78, 5) is 11.3. The van der Waals surface area contributed by atoms with Gasteiger partial charge in [-0.05, 0) is 40.0 Å². The molecule has 1 N–H and O–H groups in total. The van der Waals surface area contributed by atoms with Gasteiger partial charge in [-0.3, -0.25) is 0 Å². The van der Waals surface area contributed by atoms with Crippen LogP contribution in [0.3, 0.4) is 0 Å². The van der Waals surface area contributed by atoms with E-state index in [1.54, 1.807) is 0 Å². The third-order valence-electron chi connectivity index (χ3n) is 2.48. The summed E-state index contributed by atoms with van der Waals surface area (Å²) >= 11 is 0. The first-order valence-corrected chi connectivity index (χ1v) is 5.91. The SMILES string of the molecule is CCC1CCC(C#CC(=O)OC(C)(C)C)N1. The number of nitrogens with one attached hydrogen (secondary N) is 1. The minimum atomic E-state index is -0.458. The molecule has 1 heterocycles. The van der Waals surface area contributed by atoms with Crippen LogP contribution in [0.15, 0.2) is 0 Å². The van der Waals surface area contributed by atoms with Gasteiger partial charge in [-0.15, -0.1) is 0 Å². The highest BCUT2D eigenvalue weighted by atomic mass is 16.6. The van der Waals surface area contributed by atoms with E-state index in [9.17, 15) is 4.79 Å². The maximum atomic E-state index is 11.3. The number of esters is 1. The molecule has 2 atom stereocenters. The van der Waals surface area contributed by atoms with Crippen molar-refractivity contribution in [2.75, 3.05) is 0 Å². The zero-order chi connectivity index (χ0) is 12.2. The lowest BCUT2D eigenvalue weighted by Gasteiger charge is -2.17. The van der Waals surface area contributed by atoms with E-state index in [4.69, 9.17) is 4.74 Å². The molecule has 1 rings (SSSR count). The third-order valence-corrected chi connectivity index (χ3v) is 2.48. The molecule has 2 unspecified atom stereocenters. The summed E-state index contributed by atoms with van der Waals surface area (Å²) in [5.74, 6) is 5.05. The van der Waals surface area contributed by atoms with Gasteiger partial charge in [-0.2, -0.15) is 0 Å². The van der Waals surface area contributed by atoms with Crippen molar-refractivity contribution in [3.8, 4) is 11.8 Å². The second-order valence-electron chi connectivity index (χ2n) is 5.17. The van der Waals surface area contributed by atoms with Crippen LogP contribution in [0.1, 0.15) is 47.0 Å². The van der Waals surface area contributed by atoms with Gasteiger partial charge in [0.05, 0.1) is 6.04 Å². The molecule has 0 spiro atoms. The summed E-state index contributed by atoms with van der Waals surface area (Å²) < 4.78 is 5.11. The molecule has 1 aliphatic rings. The number of carbonyl (C=O) groups is 1. The Kier molecular flexibility index (Phi) is 4.37. The highest BCUT2D eigenvalue weighted by Crippen LogP contribution is 2.13. The van der Waals surface area contributed by atoms with Crippen LogP contribution in [0.25, 0.3) is 0 Å². The molecule has 0 aliphatic carbocycles. The lowest BCUT2D eigenvalue weighted by molar-refractivity contribution is -0.147. The number of ether oxygens (including phenoxy) is 1. The molecule has 0 bridgehead atoms. The lowest BCUT2D eigenvalue weighted by Crippen LogP contribution is -2.28. The lowest BCUT2D eigenvalue weighted by atomic mass is 10.1. The Bertz CT molecular complexity index is 306. The van der Waals surface area contributed by atoms with Crippen LogP contribution in [0, 0.1) is 11.8 Å². The Morgan fingerprint density at radius 2 is 2.12 bits per heavy atom. The van der Waals surface area contributed by atoms with E-state index in [1.807, 2.05) is 20.8 Å². The van der Waals surface area contributed by atoms with Crippen LogP contribution >= 0.6 is 0 Å². The number of hydrogen-bond acceptors (Lipinski definition) is 3. The van der Waals surface area contributed by atoms with Gasteiger partial charge in [0.2, 0.25) is 0 Å². The summed E-state index contributed by atoms with van der Waals surface area (Å²) in [6.45, 7) is 7.68. The molecule has 1 fully saturated rings. The molecule has 0 aromatic carbocycles. The van der Waals surface area contributed by atoms with E-state index in [0.29, 0.717) is 6.04 Å². The van der Waals surface area contributed by atoms with Gasteiger partial charge in [0, 0.05) is 12.0 Å². The predicted molar refractivity (Wildman–Crippen MR) is 63.9 cm³/mol. The van der Waals surface area contributed by atoms with Crippen molar-refractivity contribution in [1.82, 2.24) is 5.32 Å². The molecule has 16 heavy (non-hydrogen) atoms. The molecule has 0 saturated carbocycles. The van der Waals surface area contributed by atoms with Gasteiger partial charge in [0.1, 0.15) is 5.60 Å². The van der Waals surface area contributed by atoms with Crippen LogP contribution < -0.4 is 5.32 Å². The molecule has 1 aliphatic heterocycles. The van der Waals surface area contributed by atoms with Crippen molar-refractivity contribution < 1.29 is 9.53 Å². The third kappa shape index (κ3) is 4.67. The van der Waals surface area contributed by atoms with Gasteiger partial charge in [0.25, 0.3) is 0 Å². The molecule has 0 aromatic heterocycles. The zero-order valence-electron chi connectivity index (χ0n) is 10.6. The highest BCUT2D eigenvalue weighted by Gasteiger charge is 2.20. The average molecular weight is 223 g/mol. The molecular weight excluding hydrogens is 202 g/mol. The predicted octanol–water partition coefficient (Wildman–Crippen LogP) is 1.86. The molecular formula is C13H21NO2. The normalized spacial score (nSPS) is 24.8. The van der Waals surface area contributed by atoms with Crippen molar-refractivity contribution in [1.29, 1.82) is 0 Å². The first-order chi connectivity index (χ1) is 7.40. The summed E-state index contributed by atoms with van der Waals surface area (Å²) in [7, 11) is 0. The van der Waals surface area contributed by atoms with E-state index in [2.05, 4.69) is 24.1 Å². The molecule has 90 valence electrons. The minimum absolute atomic E-state index is 0.150. The van der Waals surface area contributed by atoms with E-state index in [1.165, 1.54) is 0 Å². The van der Waals surface area contributed by atoms with Crippen LogP contribution in [0.5, 0.6) is 0 Å². The molecule has 3 nitrogen and oxygen atoms in total. The molecule has 0 aromatic rings. The Hall–Kier alpha value is -1.01. The smallest absolute Gasteiger partial charge is 0.384 e. The summed E-state index contributed by atoms with van der Waals surface area (Å²) in [5, 5.41) is 3.38. The van der Waals surface area contributed by atoms with E-state index in [0.717, 1.165) is 19.3 Å². The summed E-state index contributed by atoms with van der Waals surface area (Å²) in [5.41, 5.74) is -0.458. The van der Waals surface area contributed by atoms with E-state index >= 15 is 0 Å². The Balaban J connectivity index is 2.40. The summed E-state index contributed by atoms with van der Waals surface area (Å²) in [6, 6.07) is 0.704. The second-order valence-corrected chi connectivity index (χ2v) is 5.17. The first kappa shape index (κ1) is 13.1. The number of carbonyl (C=O) groups excluding carboxylic acids is 1. The fraction of sp³-hybridized carbons (Fsp3) is 0.769. The number of hydrogen-bond donors (Lipinski definition) is 1. The minimum Gasteiger partial charge on any atom is -0.450 e. The van der Waals surface area contributed by atoms with Gasteiger partial charge in [0.15, 0.2) is 0 Å². The van der Waals surface area contributed by atoms with Crippen LogP contribution in [0.4, 0.5) is 0 Å². The van der Waals surface area contributed by atoms with Crippen LogP contribution in [-0.2, 0) is 9.53 Å². The van der Waals surface area contributed by atoms with Crippen molar-refractivity contribution >= 4 is 5.97 Å². The highest BCUT2D eigenvalue weighted by molar-refractivity contribution is 5.88. The fourth-order valence-corrected chi connectivity index (χ4v) is 1.70. The summed E-state index contributed by atoms with van der Waals surface area (Å²) in [6.07, 6.45) is 3.28. The van der Waals surface area contributed by atoms with Crippen molar-refractivity contribution in [2.45, 2.75) is 64.6 Å². The monoisotopic (exact) mass is 223 g/mol. The zero-order valence-corrected chi connectivity index (χ0v) is 10.6. The number of rotatable bonds is 1. The van der Waals surface area contributed by atoms with Gasteiger partial charge >= 0.3 is 5.97 Å².